The topological polar surface area (TPSA) is 56.1 Å². The summed E-state index contributed by atoms with van der Waals surface area (Å²) < 4.78 is 27.2. The number of aryl methyl sites for hydroxylation is 1. The largest absolute Gasteiger partial charge is 0.298 e. The lowest BCUT2D eigenvalue weighted by Crippen LogP contribution is -2.14. The van der Waals surface area contributed by atoms with Crippen LogP contribution in [0.2, 0.25) is 0 Å². The molecule has 4 nitrogen and oxygen atoms in total. The molecule has 0 aliphatic carbocycles. The lowest BCUT2D eigenvalue weighted by molar-refractivity contribution is 0.112. The van der Waals surface area contributed by atoms with Gasteiger partial charge in [-0.1, -0.05) is 48.5 Å². The average Bonchev–Trinajstić information content (AvgIpc) is 3.01. The van der Waals surface area contributed by atoms with E-state index >= 15 is 0 Å². The van der Waals surface area contributed by atoms with E-state index in [1.807, 2.05) is 30.3 Å². The molecule has 5 heteroatoms. The van der Waals surface area contributed by atoms with Gasteiger partial charge >= 0.3 is 0 Å². The van der Waals surface area contributed by atoms with Crippen LogP contribution in [0.4, 0.5) is 0 Å². The molecular weight excluding hydrogens is 310 g/mol. The summed E-state index contributed by atoms with van der Waals surface area (Å²) in [6.45, 7) is 1.75. The molecular formula is C18H15NO3S. The van der Waals surface area contributed by atoms with Crippen LogP contribution in [0.1, 0.15) is 15.9 Å². The zero-order valence-electron chi connectivity index (χ0n) is 12.5. The van der Waals surface area contributed by atoms with E-state index in [0.717, 1.165) is 5.56 Å². The molecule has 2 aromatic carbocycles. The van der Waals surface area contributed by atoms with Crippen molar-refractivity contribution < 1.29 is 13.2 Å². The van der Waals surface area contributed by atoms with Crippen LogP contribution in [0.15, 0.2) is 71.8 Å². The first kappa shape index (κ1) is 15.2. The highest BCUT2D eigenvalue weighted by Crippen LogP contribution is 2.27. The highest BCUT2D eigenvalue weighted by Gasteiger charge is 2.23. The van der Waals surface area contributed by atoms with Crippen molar-refractivity contribution in [3.05, 3.63) is 78.0 Å². The number of carbonyl (C=O) groups excluding carboxylic acids is 1. The molecule has 0 N–H and O–H groups in total. The monoisotopic (exact) mass is 325 g/mol. The molecule has 0 unspecified atom stereocenters. The van der Waals surface area contributed by atoms with E-state index < -0.39 is 10.0 Å². The first-order valence-electron chi connectivity index (χ1n) is 7.08. The standard InChI is InChI=1S/C18H15NO3S/c1-14-7-5-6-10-18(14)23(21,22)19-12-15(13-20)11-17(19)16-8-3-2-4-9-16/h2-13H,1H3. The van der Waals surface area contributed by atoms with Crippen LogP contribution < -0.4 is 0 Å². The van der Waals surface area contributed by atoms with Crippen LogP contribution in [-0.4, -0.2) is 18.7 Å². The second-order valence-electron chi connectivity index (χ2n) is 5.21. The van der Waals surface area contributed by atoms with Gasteiger partial charge in [0.15, 0.2) is 6.29 Å². The predicted octanol–water partition coefficient (Wildman–Crippen LogP) is 3.51. The summed E-state index contributed by atoms with van der Waals surface area (Å²) in [5.41, 5.74) is 2.18. The maximum atomic E-state index is 13.0. The van der Waals surface area contributed by atoms with Gasteiger partial charge in [-0.25, -0.2) is 12.4 Å². The highest BCUT2D eigenvalue weighted by molar-refractivity contribution is 7.90. The first-order chi connectivity index (χ1) is 11.0. The Bertz CT molecular complexity index is 957. The number of hydrogen-bond donors (Lipinski definition) is 0. The molecule has 0 fully saturated rings. The van der Waals surface area contributed by atoms with Gasteiger partial charge in [-0.3, -0.25) is 4.79 Å². The van der Waals surface area contributed by atoms with Crippen LogP contribution in [0.5, 0.6) is 0 Å². The van der Waals surface area contributed by atoms with Crippen molar-refractivity contribution in [1.82, 2.24) is 3.97 Å². The van der Waals surface area contributed by atoms with Crippen molar-refractivity contribution in [1.29, 1.82) is 0 Å². The van der Waals surface area contributed by atoms with Crippen LogP contribution in [0.25, 0.3) is 11.3 Å². The lowest BCUT2D eigenvalue weighted by atomic mass is 10.1. The van der Waals surface area contributed by atoms with Gasteiger partial charge in [-0.15, -0.1) is 0 Å². The van der Waals surface area contributed by atoms with Gasteiger partial charge < -0.3 is 0 Å². The van der Waals surface area contributed by atoms with Crippen LogP contribution in [-0.2, 0) is 10.0 Å². The van der Waals surface area contributed by atoms with Gasteiger partial charge in [-0.2, -0.15) is 0 Å². The van der Waals surface area contributed by atoms with E-state index in [4.69, 9.17) is 0 Å². The Labute approximate surface area is 135 Å². The van der Waals surface area contributed by atoms with Crippen molar-refractivity contribution in [2.24, 2.45) is 0 Å². The Hall–Kier alpha value is -2.66. The molecule has 23 heavy (non-hydrogen) atoms. The summed E-state index contributed by atoms with van der Waals surface area (Å²) in [6.07, 6.45) is 2.01. The minimum Gasteiger partial charge on any atom is -0.298 e. The molecule has 1 heterocycles. The Balaban J connectivity index is 2.26. The maximum absolute atomic E-state index is 13.0. The quantitative estimate of drug-likeness (QED) is 0.690. The van der Waals surface area contributed by atoms with E-state index in [2.05, 4.69) is 0 Å². The molecule has 116 valence electrons. The average molecular weight is 325 g/mol. The SMILES string of the molecule is Cc1ccccc1S(=O)(=O)n1cc(C=O)cc1-c1ccccc1. The van der Waals surface area contributed by atoms with Crippen molar-refractivity contribution >= 4 is 16.3 Å². The number of hydrogen-bond acceptors (Lipinski definition) is 3. The third-order valence-corrected chi connectivity index (χ3v) is 5.48. The predicted molar refractivity (Wildman–Crippen MR) is 89.0 cm³/mol. The molecule has 0 aliphatic rings. The zero-order valence-corrected chi connectivity index (χ0v) is 13.3. The Morgan fingerprint density at radius 2 is 1.61 bits per heavy atom. The third kappa shape index (κ3) is 2.71. The van der Waals surface area contributed by atoms with E-state index in [1.54, 1.807) is 37.3 Å². The van der Waals surface area contributed by atoms with E-state index in [0.29, 0.717) is 23.1 Å². The molecule has 0 amide bonds. The molecule has 0 bridgehead atoms. The maximum Gasteiger partial charge on any atom is 0.268 e. The minimum atomic E-state index is -3.78. The zero-order chi connectivity index (χ0) is 16.4. The van der Waals surface area contributed by atoms with Gasteiger partial charge in [0.1, 0.15) is 0 Å². The Morgan fingerprint density at radius 1 is 0.957 bits per heavy atom. The molecule has 1 aromatic heterocycles. The number of benzene rings is 2. The molecule has 3 aromatic rings. The summed E-state index contributed by atoms with van der Waals surface area (Å²) in [4.78, 5) is 11.4. The smallest absolute Gasteiger partial charge is 0.268 e. The normalized spacial score (nSPS) is 11.3. The molecule has 0 aliphatic heterocycles. The van der Waals surface area contributed by atoms with Crippen LogP contribution >= 0.6 is 0 Å². The van der Waals surface area contributed by atoms with Crippen LogP contribution in [0.3, 0.4) is 0 Å². The number of rotatable bonds is 4. The number of aldehydes is 1. The molecule has 0 radical (unpaired) electrons. The molecule has 0 spiro atoms. The van der Waals surface area contributed by atoms with Crippen molar-refractivity contribution in [2.75, 3.05) is 0 Å². The van der Waals surface area contributed by atoms with Crippen molar-refractivity contribution in [3.63, 3.8) is 0 Å². The molecule has 0 saturated heterocycles. The van der Waals surface area contributed by atoms with E-state index in [9.17, 15) is 13.2 Å². The Kier molecular flexibility index (Phi) is 3.88. The molecule has 3 rings (SSSR count). The van der Waals surface area contributed by atoms with Gasteiger partial charge in [0.2, 0.25) is 0 Å². The van der Waals surface area contributed by atoms with E-state index in [-0.39, 0.29) is 4.90 Å². The minimum absolute atomic E-state index is 0.227. The van der Waals surface area contributed by atoms with Gasteiger partial charge in [0.05, 0.1) is 10.6 Å². The summed E-state index contributed by atoms with van der Waals surface area (Å²) in [6, 6.07) is 17.5. The first-order valence-corrected chi connectivity index (χ1v) is 8.52. The second-order valence-corrected chi connectivity index (χ2v) is 6.99. The summed E-state index contributed by atoms with van der Waals surface area (Å²) in [5.74, 6) is 0. The van der Waals surface area contributed by atoms with Crippen molar-refractivity contribution in [2.45, 2.75) is 11.8 Å². The fourth-order valence-corrected chi connectivity index (χ4v) is 4.11. The summed E-state index contributed by atoms with van der Waals surface area (Å²) in [5, 5.41) is 0. The van der Waals surface area contributed by atoms with Gasteiger partial charge in [-0.05, 0) is 30.2 Å². The third-order valence-electron chi connectivity index (χ3n) is 3.64. The number of aromatic nitrogens is 1. The summed E-state index contributed by atoms with van der Waals surface area (Å²) >= 11 is 0. The van der Waals surface area contributed by atoms with Crippen molar-refractivity contribution in [3.8, 4) is 11.3 Å². The van der Waals surface area contributed by atoms with E-state index in [1.165, 1.54) is 10.2 Å². The molecule has 0 saturated carbocycles. The number of nitrogens with zero attached hydrogens (tertiary/aromatic N) is 1. The molecule has 0 atom stereocenters. The Morgan fingerprint density at radius 3 is 2.26 bits per heavy atom. The second kappa shape index (κ2) is 5.85. The fourth-order valence-electron chi connectivity index (χ4n) is 2.50. The number of carbonyl (C=O) groups is 1. The lowest BCUT2D eigenvalue weighted by Gasteiger charge is -2.12. The summed E-state index contributed by atoms with van der Waals surface area (Å²) in [7, 11) is -3.78. The van der Waals surface area contributed by atoms with Gasteiger partial charge in [0, 0.05) is 11.8 Å². The van der Waals surface area contributed by atoms with Gasteiger partial charge in [0.25, 0.3) is 10.0 Å². The van der Waals surface area contributed by atoms with Crippen LogP contribution in [0, 0.1) is 6.92 Å². The highest BCUT2D eigenvalue weighted by atomic mass is 32.2. The fraction of sp³-hybridized carbons (Fsp3) is 0.0556.